The molecular weight excluding hydrogens is 392 g/mol. The Balaban J connectivity index is 1.90. The molecule has 1 aliphatic heterocycles. The third kappa shape index (κ3) is 4.42. The zero-order valence-corrected chi connectivity index (χ0v) is 18.4. The van der Waals surface area contributed by atoms with E-state index in [1.54, 1.807) is 43.1 Å². The molecule has 28 heavy (non-hydrogen) atoms. The Morgan fingerprint density at radius 1 is 1.39 bits per heavy atom. The number of allylic oxidation sites excluding steroid dienone is 1. The molecule has 4 nitrogen and oxygen atoms in total. The van der Waals surface area contributed by atoms with Crippen LogP contribution in [0.25, 0.3) is 0 Å². The molecule has 1 saturated carbocycles. The third-order valence-electron chi connectivity index (χ3n) is 5.88. The molecule has 0 bridgehead atoms. The third-order valence-corrected chi connectivity index (χ3v) is 7.41. The fourth-order valence-electron chi connectivity index (χ4n) is 3.50. The number of benzene rings is 1. The van der Waals surface area contributed by atoms with Crippen LogP contribution in [-0.4, -0.2) is 29.9 Å². The maximum atomic E-state index is 13.0. The van der Waals surface area contributed by atoms with Gasteiger partial charge in [-0.3, -0.25) is 4.79 Å². The van der Waals surface area contributed by atoms with Crippen molar-refractivity contribution in [2.45, 2.75) is 51.5 Å². The number of halogens is 1. The fourth-order valence-corrected chi connectivity index (χ4v) is 4.98. The van der Waals surface area contributed by atoms with E-state index in [1.807, 2.05) is 0 Å². The number of nitrogens with zero attached hydrogens (tertiary/aromatic N) is 1. The molecule has 1 aromatic carbocycles. The molecule has 6 heteroatoms. The summed E-state index contributed by atoms with van der Waals surface area (Å²) in [6.45, 7) is 5.17. The van der Waals surface area contributed by atoms with Gasteiger partial charge in [0.1, 0.15) is 5.75 Å². The van der Waals surface area contributed by atoms with Gasteiger partial charge in [0.05, 0.1) is 17.7 Å². The van der Waals surface area contributed by atoms with Crippen molar-refractivity contribution in [1.82, 2.24) is 4.90 Å². The molecule has 0 aromatic heterocycles. The monoisotopic (exact) mass is 420 g/mol. The molecule has 0 spiro atoms. The summed E-state index contributed by atoms with van der Waals surface area (Å²) in [4.78, 5) is 16.4. The van der Waals surface area contributed by atoms with Gasteiger partial charge in [-0.2, -0.15) is 0 Å². The summed E-state index contributed by atoms with van der Waals surface area (Å²) in [5, 5.41) is 1.45. The van der Waals surface area contributed by atoms with Crippen molar-refractivity contribution in [3.63, 3.8) is 0 Å². The first-order valence-corrected chi connectivity index (χ1v) is 11.1. The molecule has 1 heterocycles. The topological polar surface area (TPSA) is 55.6 Å². The number of thioether (sulfide) groups is 1. The van der Waals surface area contributed by atoms with E-state index in [-0.39, 0.29) is 11.3 Å². The Kier molecular flexibility index (Phi) is 6.79. The Morgan fingerprint density at radius 3 is 2.68 bits per heavy atom. The summed E-state index contributed by atoms with van der Waals surface area (Å²) in [6, 6.07) is 5.11. The predicted octanol–water partition coefficient (Wildman–Crippen LogP) is 5.58. The second-order valence-corrected chi connectivity index (χ2v) is 9.10. The van der Waals surface area contributed by atoms with Gasteiger partial charge < -0.3 is 15.4 Å². The lowest BCUT2D eigenvalue weighted by Crippen LogP contribution is -2.39. The lowest BCUT2D eigenvalue weighted by Gasteiger charge is -2.30. The van der Waals surface area contributed by atoms with E-state index in [4.69, 9.17) is 22.1 Å². The van der Waals surface area contributed by atoms with Crippen LogP contribution >= 0.6 is 23.4 Å². The molecule has 0 amide bonds. The van der Waals surface area contributed by atoms with Crippen LogP contribution in [0.4, 0.5) is 0 Å². The van der Waals surface area contributed by atoms with Crippen LogP contribution < -0.4 is 10.5 Å². The maximum Gasteiger partial charge on any atom is 0.192 e. The summed E-state index contributed by atoms with van der Waals surface area (Å²) in [5.74, 6) is 1.11. The average molecular weight is 421 g/mol. The van der Waals surface area contributed by atoms with Gasteiger partial charge >= 0.3 is 0 Å². The SMILES string of the molecule is CCC(N)(CC)C1=CN(CC2CCC2)C(=CC(=O)c2cc(Cl)ccc2OC)S1. The molecule has 1 aliphatic carbocycles. The molecule has 1 aromatic rings. The van der Waals surface area contributed by atoms with Crippen molar-refractivity contribution in [3.8, 4) is 5.75 Å². The minimum Gasteiger partial charge on any atom is -0.496 e. The van der Waals surface area contributed by atoms with Gasteiger partial charge in [-0.1, -0.05) is 43.6 Å². The summed E-state index contributed by atoms with van der Waals surface area (Å²) in [6.07, 6.45) is 9.39. The molecule has 0 radical (unpaired) electrons. The van der Waals surface area contributed by atoms with Gasteiger partial charge in [-0.15, -0.1) is 0 Å². The molecule has 2 aliphatic rings. The van der Waals surface area contributed by atoms with Gasteiger partial charge in [0, 0.05) is 34.3 Å². The van der Waals surface area contributed by atoms with E-state index in [0.29, 0.717) is 22.3 Å². The summed E-state index contributed by atoms with van der Waals surface area (Å²) >= 11 is 7.73. The van der Waals surface area contributed by atoms with Crippen LogP contribution in [0.15, 0.2) is 40.4 Å². The van der Waals surface area contributed by atoms with Crippen molar-refractivity contribution in [2.75, 3.05) is 13.7 Å². The average Bonchev–Trinajstić information content (AvgIpc) is 3.07. The van der Waals surface area contributed by atoms with Crippen LogP contribution in [0.2, 0.25) is 5.02 Å². The number of carbonyl (C=O) groups excluding carboxylic acids is 1. The summed E-state index contributed by atoms with van der Waals surface area (Å²) < 4.78 is 5.35. The first kappa shape index (κ1) is 21.3. The highest BCUT2D eigenvalue weighted by Crippen LogP contribution is 2.45. The van der Waals surface area contributed by atoms with Gasteiger partial charge in [0.25, 0.3) is 0 Å². The van der Waals surface area contributed by atoms with Crippen molar-refractivity contribution in [2.24, 2.45) is 11.7 Å². The van der Waals surface area contributed by atoms with E-state index >= 15 is 0 Å². The first-order chi connectivity index (χ1) is 13.4. The molecule has 2 N–H and O–H groups in total. The highest BCUT2D eigenvalue weighted by atomic mass is 35.5. The van der Waals surface area contributed by atoms with Gasteiger partial charge in [0.2, 0.25) is 0 Å². The molecule has 152 valence electrons. The van der Waals surface area contributed by atoms with Gasteiger partial charge in [0.15, 0.2) is 5.78 Å². The molecule has 3 rings (SSSR count). The smallest absolute Gasteiger partial charge is 0.192 e. The van der Waals surface area contributed by atoms with Crippen LogP contribution in [0, 0.1) is 5.92 Å². The standard InChI is InChI=1S/C22H29ClN2O2S/c1-4-22(24,5-2)20-14-25(13-15-7-6-8-15)21(28-20)12-18(26)17-11-16(23)9-10-19(17)27-3/h9-12,14-15H,4-8,13,24H2,1-3H3. The molecule has 0 atom stereocenters. The number of nitrogens with two attached hydrogens (primary N) is 1. The minimum atomic E-state index is -0.352. The second-order valence-electron chi connectivity index (χ2n) is 7.60. The van der Waals surface area contributed by atoms with Crippen LogP contribution in [0.1, 0.15) is 56.3 Å². The highest BCUT2D eigenvalue weighted by Gasteiger charge is 2.34. The molecule has 0 saturated heterocycles. The molecule has 1 fully saturated rings. The van der Waals surface area contributed by atoms with Crippen LogP contribution in [0.5, 0.6) is 5.75 Å². The van der Waals surface area contributed by atoms with Crippen LogP contribution in [-0.2, 0) is 0 Å². The van der Waals surface area contributed by atoms with Crippen LogP contribution in [0.3, 0.4) is 0 Å². The van der Waals surface area contributed by atoms with Crippen molar-refractivity contribution in [3.05, 3.63) is 51.0 Å². The number of carbonyl (C=O) groups is 1. The number of methoxy groups -OCH3 is 1. The minimum absolute atomic E-state index is 0.106. The van der Waals surface area contributed by atoms with Gasteiger partial charge in [-0.05, 0) is 49.8 Å². The Morgan fingerprint density at radius 2 is 2.11 bits per heavy atom. The number of rotatable bonds is 8. The van der Waals surface area contributed by atoms with E-state index in [0.717, 1.165) is 29.3 Å². The van der Waals surface area contributed by atoms with E-state index in [2.05, 4.69) is 24.9 Å². The van der Waals surface area contributed by atoms with Gasteiger partial charge in [-0.25, -0.2) is 0 Å². The van der Waals surface area contributed by atoms with E-state index in [1.165, 1.54) is 19.3 Å². The molecular formula is C22H29ClN2O2S. The number of hydrogen-bond donors (Lipinski definition) is 1. The quantitative estimate of drug-likeness (QED) is 0.439. The Bertz CT molecular complexity index is 798. The van der Waals surface area contributed by atoms with Crippen molar-refractivity contribution < 1.29 is 9.53 Å². The van der Waals surface area contributed by atoms with Crippen molar-refractivity contribution in [1.29, 1.82) is 0 Å². The van der Waals surface area contributed by atoms with E-state index < -0.39 is 0 Å². The Labute approximate surface area is 177 Å². The zero-order valence-electron chi connectivity index (χ0n) is 16.8. The lowest BCUT2D eigenvalue weighted by molar-refractivity contribution is 0.104. The van der Waals surface area contributed by atoms with E-state index in [9.17, 15) is 4.79 Å². The number of hydrogen-bond acceptors (Lipinski definition) is 5. The lowest BCUT2D eigenvalue weighted by atomic mass is 9.85. The number of ether oxygens (including phenoxy) is 1. The van der Waals surface area contributed by atoms with Crippen molar-refractivity contribution >= 4 is 29.1 Å². The zero-order chi connectivity index (χ0) is 20.3. The normalized spacial score (nSPS) is 19.0. The summed E-state index contributed by atoms with van der Waals surface area (Å²) in [5.41, 5.74) is 6.77. The molecule has 0 unspecified atom stereocenters. The highest BCUT2D eigenvalue weighted by molar-refractivity contribution is 8.07. The second kappa shape index (κ2) is 8.93. The summed E-state index contributed by atoms with van der Waals surface area (Å²) in [7, 11) is 1.56. The fraction of sp³-hybridized carbons (Fsp3) is 0.500. The Hall–Kier alpha value is -1.43. The maximum absolute atomic E-state index is 13.0. The first-order valence-electron chi connectivity index (χ1n) is 9.95. The largest absolute Gasteiger partial charge is 0.496 e. The predicted molar refractivity (Wildman–Crippen MR) is 118 cm³/mol. The number of ketones is 1.